The van der Waals surface area contributed by atoms with Gasteiger partial charge in [-0.1, -0.05) is 6.07 Å². The second-order valence-electron chi connectivity index (χ2n) is 7.10. The Hall–Kier alpha value is -2.74. The highest BCUT2D eigenvalue weighted by Gasteiger charge is 2.21. The van der Waals surface area contributed by atoms with E-state index in [1.165, 1.54) is 5.56 Å². The van der Waals surface area contributed by atoms with Crippen molar-refractivity contribution >= 4 is 5.96 Å². The average Bonchev–Trinajstić information content (AvgIpc) is 3.29. The topological polar surface area (TPSA) is 75.4 Å². The summed E-state index contributed by atoms with van der Waals surface area (Å²) in [5.41, 5.74) is 2.18. The minimum absolute atomic E-state index is 0.316. The Morgan fingerprint density at radius 1 is 1.14 bits per heavy atom. The zero-order valence-electron chi connectivity index (χ0n) is 16.7. The molecule has 1 fully saturated rings. The Morgan fingerprint density at radius 3 is 2.64 bits per heavy atom. The average molecular weight is 385 g/mol. The highest BCUT2D eigenvalue weighted by atomic mass is 16.7. The second kappa shape index (κ2) is 8.10. The number of piperazine rings is 1. The second-order valence-corrected chi connectivity index (χ2v) is 7.10. The number of aliphatic imine (C=N–C) groups is 1. The van der Waals surface area contributed by atoms with Gasteiger partial charge in [0.2, 0.25) is 12.7 Å². The molecule has 0 spiro atoms. The number of ether oxygens (including phenoxy) is 2. The van der Waals surface area contributed by atoms with Crippen LogP contribution in [0.1, 0.15) is 22.9 Å². The summed E-state index contributed by atoms with van der Waals surface area (Å²) >= 11 is 0. The molecule has 0 radical (unpaired) electrons. The third kappa shape index (κ3) is 4.06. The number of guanidine groups is 1. The molecular formula is C20H27N5O3. The number of nitrogens with one attached hydrogen (secondary N) is 1. The van der Waals surface area contributed by atoms with Gasteiger partial charge in [0.05, 0.1) is 12.2 Å². The summed E-state index contributed by atoms with van der Waals surface area (Å²) in [6.07, 6.45) is 0. The standard InChI is InChI=1S/C20H27N5O3/c1-14-15(2)28-19(23-14)11-22-20(21-3)25-8-6-24(7-9-25)12-16-4-5-17-18(10-16)27-13-26-17/h4-5,10H,6-9,11-13H2,1-3H3,(H,21,22). The van der Waals surface area contributed by atoms with E-state index in [9.17, 15) is 0 Å². The molecular weight excluding hydrogens is 358 g/mol. The predicted molar refractivity (Wildman–Crippen MR) is 106 cm³/mol. The molecule has 2 aliphatic heterocycles. The third-order valence-corrected chi connectivity index (χ3v) is 5.20. The van der Waals surface area contributed by atoms with E-state index in [2.05, 4.69) is 37.2 Å². The number of aromatic nitrogens is 1. The van der Waals surface area contributed by atoms with Crippen molar-refractivity contribution in [1.29, 1.82) is 0 Å². The Kier molecular flexibility index (Phi) is 5.38. The maximum Gasteiger partial charge on any atom is 0.231 e. The molecule has 0 unspecified atom stereocenters. The van der Waals surface area contributed by atoms with Crippen LogP contribution in [0, 0.1) is 13.8 Å². The van der Waals surface area contributed by atoms with Crippen LogP contribution in [-0.2, 0) is 13.1 Å². The molecule has 0 amide bonds. The van der Waals surface area contributed by atoms with Gasteiger partial charge in [0.1, 0.15) is 5.76 Å². The van der Waals surface area contributed by atoms with Crippen molar-refractivity contribution in [2.45, 2.75) is 26.9 Å². The molecule has 1 saturated heterocycles. The lowest BCUT2D eigenvalue weighted by atomic mass is 10.1. The zero-order valence-corrected chi connectivity index (χ0v) is 16.7. The van der Waals surface area contributed by atoms with Crippen LogP contribution in [0.2, 0.25) is 0 Å². The Bertz CT molecular complexity index is 836. The first kappa shape index (κ1) is 18.6. The number of oxazole rings is 1. The van der Waals surface area contributed by atoms with Crippen LogP contribution >= 0.6 is 0 Å². The first-order chi connectivity index (χ1) is 13.6. The molecule has 150 valence electrons. The molecule has 28 heavy (non-hydrogen) atoms. The van der Waals surface area contributed by atoms with Crippen LogP contribution in [-0.4, -0.2) is 60.8 Å². The lowest BCUT2D eigenvalue weighted by Gasteiger charge is -2.36. The van der Waals surface area contributed by atoms with Crippen LogP contribution in [0.3, 0.4) is 0 Å². The van der Waals surface area contributed by atoms with Crippen molar-refractivity contribution in [1.82, 2.24) is 20.1 Å². The molecule has 1 N–H and O–H groups in total. The number of rotatable bonds is 4. The van der Waals surface area contributed by atoms with E-state index in [-0.39, 0.29) is 0 Å². The largest absolute Gasteiger partial charge is 0.454 e. The van der Waals surface area contributed by atoms with Gasteiger partial charge in [0.15, 0.2) is 17.5 Å². The molecule has 2 aromatic rings. The number of benzene rings is 1. The van der Waals surface area contributed by atoms with Crippen LogP contribution in [0.5, 0.6) is 11.5 Å². The van der Waals surface area contributed by atoms with E-state index in [0.29, 0.717) is 19.2 Å². The van der Waals surface area contributed by atoms with Gasteiger partial charge in [-0.3, -0.25) is 9.89 Å². The third-order valence-electron chi connectivity index (χ3n) is 5.20. The highest BCUT2D eigenvalue weighted by molar-refractivity contribution is 5.79. The van der Waals surface area contributed by atoms with E-state index in [4.69, 9.17) is 13.9 Å². The lowest BCUT2D eigenvalue weighted by molar-refractivity contribution is 0.171. The van der Waals surface area contributed by atoms with Gasteiger partial charge in [0, 0.05) is 39.8 Å². The van der Waals surface area contributed by atoms with Crippen LogP contribution in [0.25, 0.3) is 0 Å². The van der Waals surface area contributed by atoms with Crippen molar-refractivity contribution in [2.24, 2.45) is 4.99 Å². The fourth-order valence-corrected chi connectivity index (χ4v) is 3.52. The summed E-state index contributed by atoms with van der Waals surface area (Å²) < 4.78 is 16.5. The molecule has 1 aromatic carbocycles. The summed E-state index contributed by atoms with van der Waals surface area (Å²) in [7, 11) is 1.81. The van der Waals surface area contributed by atoms with Gasteiger partial charge in [-0.2, -0.15) is 0 Å². The van der Waals surface area contributed by atoms with Crippen molar-refractivity contribution in [2.75, 3.05) is 40.0 Å². The molecule has 0 bridgehead atoms. The molecule has 1 aromatic heterocycles. The number of hydrogen-bond donors (Lipinski definition) is 1. The van der Waals surface area contributed by atoms with Crippen LogP contribution < -0.4 is 14.8 Å². The van der Waals surface area contributed by atoms with Gasteiger partial charge in [-0.05, 0) is 31.5 Å². The molecule has 3 heterocycles. The van der Waals surface area contributed by atoms with Gasteiger partial charge < -0.3 is 24.1 Å². The Balaban J connectivity index is 1.27. The Labute approximate surface area is 165 Å². The summed E-state index contributed by atoms with van der Waals surface area (Å²) in [4.78, 5) is 13.6. The SMILES string of the molecule is CN=C(NCc1nc(C)c(C)o1)N1CCN(Cc2ccc3c(c2)OCO3)CC1. The Morgan fingerprint density at radius 2 is 1.93 bits per heavy atom. The molecule has 0 aliphatic carbocycles. The van der Waals surface area contributed by atoms with Crippen LogP contribution in [0.4, 0.5) is 0 Å². The summed E-state index contributed by atoms with van der Waals surface area (Å²) in [5.74, 6) is 4.12. The van der Waals surface area contributed by atoms with Gasteiger partial charge >= 0.3 is 0 Å². The van der Waals surface area contributed by atoms with E-state index in [0.717, 1.165) is 61.6 Å². The van der Waals surface area contributed by atoms with Gasteiger partial charge in [-0.25, -0.2) is 4.98 Å². The van der Waals surface area contributed by atoms with Crippen molar-refractivity contribution < 1.29 is 13.9 Å². The fraction of sp³-hybridized carbons (Fsp3) is 0.500. The summed E-state index contributed by atoms with van der Waals surface area (Å²) in [6.45, 7) is 9.46. The predicted octanol–water partition coefficient (Wildman–Crippen LogP) is 1.91. The van der Waals surface area contributed by atoms with E-state index < -0.39 is 0 Å². The molecule has 0 saturated carbocycles. The smallest absolute Gasteiger partial charge is 0.231 e. The quantitative estimate of drug-likeness (QED) is 0.636. The molecule has 8 nitrogen and oxygen atoms in total. The minimum Gasteiger partial charge on any atom is -0.454 e. The first-order valence-electron chi connectivity index (χ1n) is 9.62. The number of nitrogens with zero attached hydrogens (tertiary/aromatic N) is 4. The summed E-state index contributed by atoms with van der Waals surface area (Å²) in [5, 5.41) is 3.36. The zero-order chi connectivity index (χ0) is 19.5. The van der Waals surface area contributed by atoms with Crippen molar-refractivity contribution in [3.8, 4) is 11.5 Å². The fourth-order valence-electron chi connectivity index (χ4n) is 3.52. The number of hydrogen-bond acceptors (Lipinski definition) is 6. The number of fused-ring (bicyclic) bond motifs is 1. The normalized spacial score (nSPS) is 17.2. The monoisotopic (exact) mass is 385 g/mol. The van der Waals surface area contributed by atoms with Crippen LogP contribution in [0.15, 0.2) is 27.6 Å². The van der Waals surface area contributed by atoms with E-state index in [1.54, 1.807) is 0 Å². The van der Waals surface area contributed by atoms with Crippen molar-refractivity contribution in [3.63, 3.8) is 0 Å². The summed E-state index contributed by atoms with van der Waals surface area (Å²) in [6, 6.07) is 6.18. The van der Waals surface area contributed by atoms with E-state index in [1.807, 2.05) is 27.0 Å². The molecule has 2 aliphatic rings. The van der Waals surface area contributed by atoms with Gasteiger partial charge in [0.25, 0.3) is 0 Å². The maximum absolute atomic E-state index is 5.64. The van der Waals surface area contributed by atoms with Gasteiger partial charge in [-0.15, -0.1) is 0 Å². The molecule has 8 heteroatoms. The number of aryl methyl sites for hydroxylation is 2. The highest BCUT2D eigenvalue weighted by Crippen LogP contribution is 2.32. The maximum atomic E-state index is 5.64. The lowest BCUT2D eigenvalue weighted by Crippen LogP contribution is -2.52. The molecule has 4 rings (SSSR count). The van der Waals surface area contributed by atoms with Crippen molar-refractivity contribution in [3.05, 3.63) is 41.1 Å². The minimum atomic E-state index is 0.316. The molecule has 0 atom stereocenters. The van der Waals surface area contributed by atoms with E-state index >= 15 is 0 Å². The first-order valence-corrected chi connectivity index (χ1v) is 9.62.